The summed E-state index contributed by atoms with van der Waals surface area (Å²) in [6, 6.07) is 7.07. The number of hydrogen-bond acceptors (Lipinski definition) is 2. The van der Waals surface area contributed by atoms with E-state index in [-0.39, 0.29) is 0 Å². The average Bonchev–Trinajstić information content (AvgIpc) is 2.70. The number of nitrogens with one attached hydrogen (secondary N) is 1. The van der Waals surface area contributed by atoms with Gasteiger partial charge in [0.05, 0.1) is 0 Å². The van der Waals surface area contributed by atoms with Crippen LogP contribution in [0, 0.1) is 0 Å². The minimum absolute atomic E-state index is 0.462. The Hall–Kier alpha value is -1.61. The lowest BCUT2D eigenvalue weighted by atomic mass is 10.1. The number of aromatic nitrogens is 2. The molecule has 70 valence electrons. The third kappa shape index (κ3) is 1.54. The number of imidazole rings is 1. The fourth-order valence-corrected chi connectivity index (χ4v) is 1.44. The average molecular weight is 207 g/mol. The van der Waals surface area contributed by atoms with Crippen molar-refractivity contribution in [3.8, 4) is 11.4 Å². The number of carbonyl (C=O) groups is 1. The van der Waals surface area contributed by atoms with Gasteiger partial charge in [-0.2, -0.15) is 0 Å². The highest BCUT2D eigenvalue weighted by Gasteiger charge is 2.10. The second-order valence-electron chi connectivity index (χ2n) is 2.76. The number of halogens is 1. The van der Waals surface area contributed by atoms with Gasteiger partial charge >= 0.3 is 0 Å². The van der Waals surface area contributed by atoms with E-state index in [1.165, 1.54) is 0 Å². The maximum Gasteiger partial charge on any atom is 0.253 e. The van der Waals surface area contributed by atoms with E-state index in [9.17, 15) is 4.79 Å². The number of nitrogens with zero attached hydrogens (tertiary/aromatic N) is 1. The van der Waals surface area contributed by atoms with Crippen LogP contribution in [-0.2, 0) is 0 Å². The van der Waals surface area contributed by atoms with Gasteiger partial charge in [-0.05, 0) is 17.7 Å². The lowest BCUT2D eigenvalue weighted by Crippen LogP contribution is -1.93. The topological polar surface area (TPSA) is 45.8 Å². The second kappa shape index (κ2) is 3.64. The summed E-state index contributed by atoms with van der Waals surface area (Å²) in [5.74, 6) is 0.648. The molecular weight excluding hydrogens is 200 g/mol. The minimum Gasteiger partial charge on any atom is -0.345 e. The molecule has 2 aromatic rings. The van der Waals surface area contributed by atoms with E-state index in [2.05, 4.69) is 9.97 Å². The number of H-pyrrole nitrogens is 1. The Labute approximate surface area is 85.7 Å². The first-order chi connectivity index (χ1) is 6.79. The Morgan fingerprint density at radius 3 is 2.79 bits per heavy atom. The Morgan fingerprint density at radius 2 is 2.14 bits per heavy atom. The molecule has 2 rings (SSSR count). The number of carbonyl (C=O) groups excluding carboxylic acids is 1. The molecule has 3 nitrogen and oxygen atoms in total. The van der Waals surface area contributed by atoms with Crippen LogP contribution in [0.15, 0.2) is 36.7 Å². The van der Waals surface area contributed by atoms with Crippen LogP contribution >= 0.6 is 11.6 Å². The Balaban J connectivity index is 2.58. The minimum atomic E-state index is -0.475. The molecule has 1 N–H and O–H groups in total. The highest BCUT2D eigenvalue weighted by atomic mass is 35.5. The van der Waals surface area contributed by atoms with Crippen LogP contribution in [0.3, 0.4) is 0 Å². The molecule has 0 radical (unpaired) electrons. The summed E-state index contributed by atoms with van der Waals surface area (Å²) in [7, 11) is 0. The maximum absolute atomic E-state index is 11.1. The second-order valence-corrected chi connectivity index (χ2v) is 3.10. The van der Waals surface area contributed by atoms with Gasteiger partial charge in [0.15, 0.2) is 0 Å². The zero-order valence-electron chi connectivity index (χ0n) is 7.20. The van der Waals surface area contributed by atoms with Crippen LogP contribution in [-0.4, -0.2) is 15.2 Å². The van der Waals surface area contributed by atoms with Gasteiger partial charge < -0.3 is 4.98 Å². The Kier molecular flexibility index (Phi) is 2.33. The van der Waals surface area contributed by atoms with E-state index < -0.39 is 5.24 Å². The number of aromatic amines is 1. The molecular formula is C10H7ClN2O. The predicted molar refractivity (Wildman–Crippen MR) is 54.2 cm³/mol. The van der Waals surface area contributed by atoms with Crippen LogP contribution in [0.1, 0.15) is 10.4 Å². The highest BCUT2D eigenvalue weighted by Crippen LogP contribution is 2.20. The number of rotatable bonds is 2. The molecule has 0 amide bonds. The van der Waals surface area contributed by atoms with Gasteiger partial charge in [0.2, 0.25) is 0 Å². The first-order valence-electron chi connectivity index (χ1n) is 4.07. The molecule has 0 aliphatic heterocycles. The predicted octanol–water partition coefficient (Wildman–Crippen LogP) is 2.46. The lowest BCUT2D eigenvalue weighted by molar-refractivity contribution is 0.108. The van der Waals surface area contributed by atoms with E-state index in [1.807, 2.05) is 6.07 Å². The van der Waals surface area contributed by atoms with Crippen LogP contribution in [0.5, 0.6) is 0 Å². The molecule has 0 aliphatic rings. The summed E-state index contributed by atoms with van der Waals surface area (Å²) in [4.78, 5) is 18.1. The van der Waals surface area contributed by atoms with E-state index in [0.717, 1.165) is 5.56 Å². The van der Waals surface area contributed by atoms with Crippen molar-refractivity contribution in [2.75, 3.05) is 0 Å². The smallest absolute Gasteiger partial charge is 0.253 e. The lowest BCUT2D eigenvalue weighted by Gasteiger charge is -2.01. The molecule has 1 aromatic heterocycles. The number of benzene rings is 1. The third-order valence-corrected chi connectivity index (χ3v) is 2.10. The van der Waals surface area contributed by atoms with Crippen molar-refractivity contribution in [3.63, 3.8) is 0 Å². The molecule has 0 saturated carbocycles. The van der Waals surface area contributed by atoms with Crippen molar-refractivity contribution >= 4 is 16.8 Å². The summed E-state index contributed by atoms with van der Waals surface area (Å²) in [5.41, 5.74) is 1.18. The van der Waals surface area contributed by atoms with E-state index >= 15 is 0 Å². The third-order valence-electron chi connectivity index (χ3n) is 1.89. The van der Waals surface area contributed by atoms with Gasteiger partial charge in [-0.1, -0.05) is 18.2 Å². The van der Waals surface area contributed by atoms with Crippen LogP contribution in [0.4, 0.5) is 0 Å². The van der Waals surface area contributed by atoms with E-state index in [4.69, 9.17) is 11.6 Å². The van der Waals surface area contributed by atoms with Crippen LogP contribution < -0.4 is 0 Å². The van der Waals surface area contributed by atoms with Crippen LogP contribution in [0.25, 0.3) is 11.4 Å². The summed E-state index contributed by atoms with van der Waals surface area (Å²) < 4.78 is 0. The summed E-state index contributed by atoms with van der Waals surface area (Å²) >= 11 is 5.44. The van der Waals surface area contributed by atoms with Gasteiger partial charge in [-0.25, -0.2) is 4.98 Å². The normalized spacial score (nSPS) is 10.1. The number of hydrogen-bond donors (Lipinski definition) is 1. The standard InChI is InChI=1S/C10H7ClN2O/c11-9(14)7-3-1-2-4-8(7)10-12-5-6-13-10/h1-6H,(H,12,13). The molecule has 1 aromatic carbocycles. The molecule has 0 saturated heterocycles. The van der Waals surface area contributed by atoms with Crippen molar-refractivity contribution in [3.05, 3.63) is 42.2 Å². The summed E-state index contributed by atoms with van der Waals surface area (Å²) in [5, 5.41) is -0.475. The van der Waals surface area contributed by atoms with Crippen LogP contribution in [0.2, 0.25) is 0 Å². The van der Waals surface area contributed by atoms with Gasteiger partial charge in [0, 0.05) is 23.5 Å². The molecule has 14 heavy (non-hydrogen) atoms. The molecule has 4 heteroatoms. The largest absolute Gasteiger partial charge is 0.345 e. The van der Waals surface area contributed by atoms with E-state index in [0.29, 0.717) is 11.4 Å². The van der Waals surface area contributed by atoms with Gasteiger partial charge in [-0.15, -0.1) is 0 Å². The molecule has 0 fully saturated rings. The summed E-state index contributed by atoms with van der Waals surface area (Å²) in [6.45, 7) is 0. The Morgan fingerprint density at radius 1 is 1.36 bits per heavy atom. The van der Waals surface area contributed by atoms with Crippen molar-refractivity contribution in [2.24, 2.45) is 0 Å². The highest BCUT2D eigenvalue weighted by molar-refractivity contribution is 6.68. The zero-order valence-corrected chi connectivity index (χ0v) is 7.95. The van der Waals surface area contributed by atoms with E-state index in [1.54, 1.807) is 30.6 Å². The monoisotopic (exact) mass is 206 g/mol. The molecule has 0 atom stereocenters. The molecule has 0 aliphatic carbocycles. The fourth-order valence-electron chi connectivity index (χ4n) is 1.27. The zero-order chi connectivity index (χ0) is 9.97. The molecule has 0 spiro atoms. The maximum atomic E-state index is 11.1. The molecule has 1 heterocycles. The first kappa shape index (κ1) is 8.97. The van der Waals surface area contributed by atoms with Crippen molar-refractivity contribution in [1.29, 1.82) is 0 Å². The first-order valence-corrected chi connectivity index (χ1v) is 4.45. The molecule has 0 unspecified atom stereocenters. The van der Waals surface area contributed by atoms with Crippen molar-refractivity contribution < 1.29 is 4.79 Å². The SMILES string of the molecule is O=C(Cl)c1ccccc1-c1ncc[nH]1. The van der Waals surface area contributed by atoms with Crippen molar-refractivity contribution in [1.82, 2.24) is 9.97 Å². The van der Waals surface area contributed by atoms with Gasteiger partial charge in [-0.3, -0.25) is 4.79 Å². The molecule has 0 bridgehead atoms. The van der Waals surface area contributed by atoms with Gasteiger partial charge in [0.1, 0.15) is 5.82 Å². The summed E-state index contributed by atoms with van der Waals surface area (Å²) in [6.07, 6.45) is 3.33. The van der Waals surface area contributed by atoms with Crippen molar-refractivity contribution in [2.45, 2.75) is 0 Å². The quantitative estimate of drug-likeness (QED) is 0.768. The Bertz CT molecular complexity index is 451. The fraction of sp³-hybridized carbons (Fsp3) is 0. The van der Waals surface area contributed by atoms with Gasteiger partial charge in [0.25, 0.3) is 5.24 Å².